The molecule has 0 spiro atoms. The summed E-state index contributed by atoms with van der Waals surface area (Å²) >= 11 is 14.0. The fourth-order valence-corrected chi connectivity index (χ4v) is 5.18. The maximum Gasteiger partial charge on any atom is 0.250 e. The Bertz CT molecular complexity index is 1110. The lowest BCUT2D eigenvalue weighted by Gasteiger charge is -2.27. The van der Waals surface area contributed by atoms with E-state index in [9.17, 15) is 4.79 Å². The Balaban J connectivity index is 1.71. The number of nitrogens with zero attached hydrogens (tertiary/aromatic N) is 2. The van der Waals surface area contributed by atoms with Gasteiger partial charge in [0.25, 0.3) is 0 Å². The highest BCUT2D eigenvalue weighted by molar-refractivity contribution is 7.80. The number of benzene rings is 1. The first-order valence-corrected chi connectivity index (χ1v) is 11.2. The molecular weight excluding hydrogens is 452 g/mol. The smallest absolute Gasteiger partial charge is 0.250 e. The van der Waals surface area contributed by atoms with Gasteiger partial charge in [0, 0.05) is 28.7 Å². The van der Waals surface area contributed by atoms with Gasteiger partial charge in [-0.05, 0) is 61.6 Å². The average molecular weight is 473 g/mol. The van der Waals surface area contributed by atoms with Gasteiger partial charge in [0.1, 0.15) is 6.61 Å². The molecule has 3 aromatic rings. The van der Waals surface area contributed by atoms with Gasteiger partial charge in [-0.1, -0.05) is 17.7 Å². The number of rotatable bonds is 6. The second-order valence-electron chi connectivity index (χ2n) is 7.09. The van der Waals surface area contributed by atoms with Crippen molar-refractivity contribution >= 4 is 57.5 Å². The van der Waals surface area contributed by atoms with Gasteiger partial charge >= 0.3 is 0 Å². The van der Waals surface area contributed by atoms with Gasteiger partial charge < -0.3 is 20.3 Å². The number of nitrogens with one attached hydrogen (secondary N) is 2. The van der Waals surface area contributed by atoms with Gasteiger partial charge in [0.05, 0.1) is 28.5 Å². The highest BCUT2D eigenvalue weighted by atomic mass is 35.5. The molecule has 0 aliphatic carbocycles. The van der Waals surface area contributed by atoms with E-state index in [0.29, 0.717) is 15.8 Å². The molecule has 1 fully saturated rings. The molecule has 1 amide bonds. The molecule has 9 heteroatoms. The Labute approximate surface area is 195 Å². The zero-order chi connectivity index (χ0) is 22.0. The van der Waals surface area contributed by atoms with Crippen LogP contribution in [-0.4, -0.2) is 29.7 Å². The van der Waals surface area contributed by atoms with Crippen molar-refractivity contribution in [2.45, 2.75) is 19.0 Å². The van der Waals surface area contributed by atoms with Crippen LogP contribution in [0.2, 0.25) is 5.02 Å². The molecule has 4 rings (SSSR count). The van der Waals surface area contributed by atoms with Crippen LogP contribution < -0.4 is 15.5 Å². The third-order valence-electron chi connectivity index (χ3n) is 4.93. The van der Waals surface area contributed by atoms with Crippen molar-refractivity contribution in [3.05, 3.63) is 75.2 Å². The van der Waals surface area contributed by atoms with E-state index >= 15 is 0 Å². The van der Waals surface area contributed by atoms with E-state index in [0.717, 1.165) is 11.4 Å². The van der Waals surface area contributed by atoms with Gasteiger partial charge in [-0.15, -0.1) is 11.3 Å². The Morgan fingerprint density at radius 3 is 2.81 bits per heavy atom. The van der Waals surface area contributed by atoms with E-state index in [1.807, 2.05) is 30.3 Å². The molecule has 3 heterocycles. The van der Waals surface area contributed by atoms with E-state index < -0.39 is 0 Å². The second-order valence-corrected chi connectivity index (χ2v) is 9.20. The molecule has 0 unspecified atom stereocenters. The topological polar surface area (TPSA) is 66.5 Å². The zero-order valence-electron chi connectivity index (χ0n) is 17.0. The van der Waals surface area contributed by atoms with E-state index in [-0.39, 0.29) is 24.6 Å². The largest absolute Gasteiger partial charge is 0.375 e. The van der Waals surface area contributed by atoms with Crippen LogP contribution in [0.25, 0.3) is 0 Å². The maximum atomic E-state index is 11.9. The number of methoxy groups -OCH3 is 1. The Kier molecular flexibility index (Phi) is 6.52. The van der Waals surface area contributed by atoms with Crippen LogP contribution >= 0.6 is 35.2 Å². The molecule has 2 atom stereocenters. The fourth-order valence-electron chi connectivity index (χ4n) is 3.61. The normalized spacial score (nSPS) is 18.2. The van der Waals surface area contributed by atoms with E-state index in [1.54, 1.807) is 23.6 Å². The number of anilines is 2. The molecule has 160 valence electrons. The fraction of sp³-hybridized carbons (Fsp3) is 0.227. The lowest BCUT2D eigenvalue weighted by Crippen LogP contribution is -2.29. The van der Waals surface area contributed by atoms with Gasteiger partial charge in [0.2, 0.25) is 5.91 Å². The Morgan fingerprint density at radius 1 is 1.32 bits per heavy atom. The molecule has 0 radical (unpaired) electrons. The average Bonchev–Trinajstić information content (AvgIpc) is 3.33. The van der Waals surface area contributed by atoms with Gasteiger partial charge in [-0.2, -0.15) is 0 Å². The van der Waals surface area contributed by atoms with Crippen molar-refractivity contribution in [3.63, 3.8) is 0 Å². The zero-order valence-corrected chi connectivity index (χ0v) is 19.4. The van der Waals surface area contributed by atoms with Crippen molar-refractivity contribution in [1.82, 2.24) is 10.3 Å². The van der Waals surface area contributed by atoms with Crippen molar-refractivity contribution in [2.75, 3.05) is 23.9 Å². The summed E-state index contributed by atoms with van der Waals surface area (Å²) in [6.07, 6.45) is 1.79. The van der Waals surface area contributed by atoms with Gasteiger partial charge in [0.15, 0.2) is 5.11 Å². The second kappa shape index (κ2) is 9.32. The van der Waals surface area contributed by atoms with Crippen LogP contribution in [-0.2, 0) is 9.53 Å². The van der Waals surface area contributed by atoms with E-state index in [4.69, 9.17) is 28.6 Å². The molecule has 1 saturated heterocycles. The summed E-state index contributed by atoms with van der Waals surface area (Å²) in [5.41, 5.74) is 2.27. The SMILES string of the molecule is COCC(=O)Nc1ccc(N2C(=S)N[C@@H](c3ccccn3)[C@@H]2c2ccc(C)s2)cc1Cl. The third-order valence-corrected chi connectivity index (χ3v) is 6.63. The third kappa shape index (κ3) is 4.57. The standard InChI is InChI=1S/C22H21ClN4O2S2/c1-13-6-9-18(31-13)21-20(17-5-3-4-10-24-17)26-22(30)27(21)14-7-8-16(15(23)11-14)25-19(28)12-29-2/h3-11,20-21H,12H2,1-2H3,(H,25,28)(H,26,30)/t20-,21-/m0/s1. The molecule has 0 saturated carbocycles. The molecule has 6 nitrogen and oxygen atoms in total. The van der Waals surface area contributed by atoms with E-state index in [1.165, 1.54) is 16.9 Å². The minimum absolute atomic E-state index is 0.0379. The van der Waals surface area contributed by atoms with Gasteiger partial charge in [-0.3, -0.25) is 9.78 Å². The first-order chi connectivity index (χ1) is 15.0. The Morgan fingerprint density at radius 2 is 2.16 bits per heavy atom. The quantitative estimate of drug-likeness (QED) is 0.499. The van der Waals surface area contributed by atoms with Crippen molar-refractivity contribution < 1.29 is 9.53 Å². The number of carbonyl (C=O) groups is 1. The molecule has 31 heavy (non-hydrogen) atoms. The van der Waals surface area contributed by atoms with Crippen molar-refractivity contribution in [2.24, 2.45) is 0 Å². The first kappa shape index (κ1) is 21.7. The summed E-state index contributed by atoms with van der Waals surface area (Å²) in [4.78, 5) is 20.9. The van der Waals surface area contributed by atoms with Crippen LogP contribution in [0.3, 0.4) is 0 Å². The van der Waals surface area contributed by atoms with Crippen LogP contribution in [0.5, 0.6) is 0 Å². The summed E-state index contributed by atoms with van der Waals surface area (Å²) < 4.78 is 4.86. The summed E-state index contributed by atoms with van der Waals surface area (Å²) in [6.45, 7) is 2.05. The number of amides is 1. The number of hydrogen-bond donors (Lipinski definition) is 2. The van der Waals surface area contributed by atoms with Gasteiger partial charge in [-0.25, -0.2) is 0 Å². The molecular formula is C22H21ClN4O2S2. The first-order valence-electron chi connectivity index (χ1n) is 9.63. The predicted molar refractivity (Wildman–Crippen MR) is 129 cm³/mol. The summed E-state index contributed by atoms with van der Waals surface area (Å²) in [6, 6.07) is 15.4. The number of carbonyl (C=O) groups excluding carboxylic acids is 1. The summed E-state index contributed by atoms with van der Waals surface area (Å²) in [5.74, 6) is -0.266. The molecule has 2 aromatic heterocycles. The van der Waals surface area contributed by atoms with Crippen LogP contribution in [0, 0.1) is 6.92 Å². The number of hydrogen-bond acceptors (Lipinski definition) is 5. The van der Waals surface area contributed by atoms with E-state index in [2.05, 4.69) is 39.6 Å². The van der Waals surface area contributed by atoms with Crippen molar-refractivity contribution in [3.8, 4) is 0 Å². The van der Waals surface area contributed by atoms with Crippen molar-refractivity contribution in [1.29, 1.82) is 0 Å². The highest BCUT2D eigenvalue weighted by Crippen LogP contribution is 2.44. The highest BCUT2D eigenvalue weighted by Gasteiger charge is 2.41. The molecule has 2 N–H and O–H groups in total. The number of pyridine rings is 1. The number of halogens is 1. The Hall–Kier alpha value is -2.52. The monoisotopic (exact) mass is 472 g/mol. The molecule has 1 aromatic carbocycles. The summed E-state index contributed by atoms with van der Waals surface area (Å²) in [5, 5.41) is 7.20. The van der Waals surface area contributed by atoms with Crippen LogP contribution in [0.15, 0.2) is 54.7 Å². The number of aromatic nitrogens is 1. The molecule has 1 aliphatic rings. The lowest BCUT2D eigenvalue weighted by molar-refractivity contribution is -0.119. The maximum absolute atomic E-state index is 11.9. The van der Waals surface area contributed by atoms with Crippen LogP contribution in [0.1, 0.15) is 27.5 Å². The number of aryl methyl sites for hydroxylation is 1. The number of thiophene rings is 1. The number of ether oxygens (including phenoxy) is 1. The number of thiocarbonyl (C=S) groups is 1. The molecule has 0 bridgehead atoms. The molecule has 1 aliphatic heterocycles. The summed E-state index contributed by atoms with van der Waals surface area (Å²) in [7, 11) is 1.47. The lowest BCUT2D eigenvalue weighted by atomic mass is 10.0. The minimum atomic E-state index is -0.266. The minimum Gasteiger partial charge on any atom is -0.375 e. The van der Waals surface area contributed by atoms with Crippen LogP contribution in [0.4, 0.5) is 11.4 Å². The predicted octanol–water partition coefficient (Wildman–Crippen LogP) is 4.87.